The number of benzene rings is 1. The number of aryl methyl sites for hydroxylation is 1. The average Bonchev–Trinajstić information content (AvgIpc) is 2.53. The number of nitrogens with zero attached hydrogens (tertiary/aromatic N) is 2. The molecule has 0 N–H and O–H groups in total. The van der Waals surface area contributed by atoms with Crippen LogP contribution in [0, 0.1) is 6.92 Å². The molecule has 0 saturated carbocycles. The summed E-state index contributed by atoms with van der Waals surface area (Å²) in [4.78, 5) is 19.1. The van der Waals surface area contributed by atoms with E-state index >= 15 is 0 Å². The minimum Gasteiger partial charge on any atom is -0.497 e. The first-order chi connectivity index (χ1) is 10.6. The summed E-state index contributed by atoms with van der Waals surface area (Å²) in [7, 11) is 1.63. The maximum absolute atomic E-state index is 12.7. The zero-order valence-electron chi connectivity index (χ0n) is 13.1. The van der Waals surface area contributed by atoms with Crippen molar-refractivity contribution in [2.24, 2.45) is 0 Å². The zero-order valence-corrected chi connectivity index (χ0v) is 13.1. The first-order valence-corrected chi connectivity index (χ1v) is 7.45. The van der Waals surface area contributed by atoms with Crippen LogP contribution in [-0.4, -0.2) is 48.7 Å². The van der Waals surface area contributed by atoms with Crippen molar-refractivity contribution in [1.29, 1.82) is 0 Å². The van der Waals surface area contributed by atoms with Crippen molar-refractivity contribution in [3.63, 3.8) is 0 Å². The number of pyridine rings is 1. The fourth-order valence-corrected chi connectivity index (χ4v) is 2.76. The largest absolute Gasteiger partial charge is 0.497 e. The van der Waals surface area contributed by atoms with Gasteiger partial charge in [0.05, 0.1) is 36.6 Å². The highest BCUT2D eigenvalue weighted by Crippen LogP contribution is 2.23. The van der Waals surface area contributed by atoms with Crippen LogP contribution in [0.4, 0.5) is 0 Å². The third-order valence-electron chi connectivity index (χ3n) is 3.97. The molecule has 0 bridgehead atoms. The van der Waals surface area contributed by atoms with Crippen molar-refractivity contribution >= 4 is 16.8 Å². The molecule has 1 atom stereocenters. The lowest BCUT2D eigenvalue weighted by molar-refractivity contribution is -0.0124. The highest BCUT2D eigenvalue weighted by Gasteiger charge is 2.24. The molecule has 0 radical (unpaired) electrons. The van der Waals surface area contributed by atoms with Crippen molar-refractivity contribution in [3.8, 4) is 5.75 Å². The summed E-state index contributed by atoms with van der Waals surface area (Å²) in [6.07, 6.45) is 0.0793. The molecule has 116 valence electrons. The molecule has 0 aliphatic carbocycles. The molecule has 22 heavy (non-hydrogen) atoms. The summed E-state index contributed by atoms with van der Waals surface area (Å²) in [6, 6.07) is 7.61. The lowest BCUT2D eigenvalue weighted by Gasteiger charge is -2.31. The number of aromatic nitrogens is 1. The number of carbonyl (C=O) groups excluding carboxylic acids is 1. The highest BCUT2D eigenvalue weighted by atomic mass is 16.5. The number of amides is 1. The normalized spacial score (nSPS) is 18.5. The van der Waals surface area contributed by atoms with Crippen LogP contribution in [0.2, 0.25) is 0 Å². The van der Waals surface area contributed by atoms with E-state index in [-0.39, 0.29) is 12.0 Å². The van der Waals surface area contributed by atoms with Crippen molar-refractivity contribution in [3.05, 3.63) is 35.5 Å². The van der Waals surface area contributed by atoms with Gasteiger partial charge in [0.25, 0.3) is 5.91 Å². The molecule has 1 aromatic heterocycles. The predicted octanol–water partition coefficient (Wildman–Crippen LogP) is 2.41. The van der Waals surface area contributed by atoms with E-state index in [2.05, 4.69) is 4.98 Å². The molecule has 0 unspecified atom stereocenters. The molecule has 1 aliphatic heterocycles. The first-order valence-electron chi connectivity index (χ1n) is 7.45. The molecular weight excluding hydrogens is 280 g/mol. The number of carbonyl (C=O) groups is 1. The summed E-state index contributed by atoms with van der Waals surface area (Å²) < 4.78 is 10.7. The lowest BCUT2D eigenvalue weighted by Crippen LogP contribution is -2.44. The number of hydrogen-bond acceptors (Lipinski definition) is 4. The number of rotatable bonds is 2. The monoisotopic (exact) mass is 300 g/mol. The van der Waals surface area contributed by atoms with Gasteiger partial charge < -0.3 is 14.4 Å². The van der Waals surface area contributed by atoms with Crippen LogP contribution in [0.3, 0.4) is 0 Å². The Kier molecular flexibility index (Phi) is 3.98. The number of fused-ring (bicyclic) bond motifs is 1. The van der Waals surface area contributed by atoms with Crippen LogP contribution in [0.5, 0.6) is 5.75 Å². The van der Waals surface area contributed by atoms with Gasteiger partial charge in [-0.2, -0.15) is 0 Å². The van der Waals surface area contributed by atoms with Gasteiger partial charge in [0.2, 0.25) is 0 Å². The molecule has 1 aliphatic rings. The standard InChI is InChI=1S/C17H20N2O3/c1-11-10-19(6-7-22-11)17(20)15-8-13-4-5-14(21-3)9-16(13)18-12(15)2/h4-5,8-9,11H,6-7,10H2,1-3H3/t11-/m0/s1. The Balaban J connectivity index is 1.96. The van der Waals surface area contributed by atoms with Crippen LogP contribution in [0.25, 0.3) is 10.9 Å². The quantitative estimate of drug-likeness (QED) is 0.854. The van der Waals surface area contributed by atoms with Crippen LogP contribution >= 0.6 is 0 Å². The van der Waals surface area contributed by atoms with E-state index in [1.54, 1.807) is 7.11 Å². The van der Waals surface area contributed by atoms with Crippen LogP contribution in [0.15, 0.2) is 24.3 Å². The number of hydrogen-bond donors (Lipinski definition) is 0. The van der Waals surface area contributed by atoms with Crippen LogP contribution in [-0.2, 0) is 4.74 Å². The fraction of sp³-hybridized carbons (Fsp3) is 0.412. The summed E-state index contributed by atoms with van der Waals surface area (Å²) in [5.74, 6) is 0.790. The van der Waals surface area contributed by atoms with Gasteiger partial charge in [-0.3, -0.25) is 9.78 Å². The Morgan fingerprint density at radius 1 is 1.41 bits per heavy atom. The number of methoxy groups -OCH3 is 1. The Morgan fingerprint density at radius 3 is 2.95 bits per heavy atom. The molecule has 5 heteroatoms. The van der Waals surface area contributed by atoms with Crippen molar-refractivity contribution in [2.75, 3.05) is 26.8 Å². The van der Waals surface area contributed by atoms with Gasteiger partial charge in [-0.05, 0) is 32.0 Å². The highest BCUT2D eigenvalue weighted by molar-refractivity contribution is 5.98. The second kappa shape index (κ2) is 5.93. The van der Waals surface area contributed by atoms with Crippen molar-refractivity contribution in [1.82, 2.24) is 9.88 Å². The van der Waals surface area contributed by atoms with Gasteiger partial charge in [0.1, 0.15) is 5.75 Å². The van der Waals surface area contributed by atoms with Crippen LogP contribution < -0.4 is 4.74 Å². The lowest BCUT2D eigenvalue weighted by atomic mass is 10.1. The average molecular weight is 300 g/mol. The maximum Gasteiger partial charge on any atom is 0.255 e. The summed E-state index contributed by atoms with van der Waals surface area (Å²) in [6.45, 7) is 5.69. The van der Waals surface area contributed by atoms with Gasteiger partial charge in [0.15, 0.2) is 0 Å². The van der Waals surface area contributed by atoms with Crippen molar-refractivity contribution in [2.45, 2.75) is 20.0 Å². The first kappa shape index (κ1) is 14.8. The molecule has 2 heterocycles. The Bertz CT molecular complexity index is 714. The van der Waals surface area contributed by atoms with E-state index < -0.39 is 0 Å². The molecule has 1 aromatic carbocycles. The maximum atomic E-state index is 12.7. The molecular formula is C17H20N2O3. The second-order valence-corrected chi connectivity index (χ2v) is 5.61. The summed E-state index contributed by atoms with van der Waals surface area (Å²) >= 11 is 0. The van der Waals surface area contributed by atoms with Gasteiger partial charge in [-0.25, -0.2) is 0 Å². The van der Waals surface area contributed by atoms with Gasteiger partial charge >= 0.3 is 0 Å². The minimum atomic E-state index is 0.0258. The molecule has 1 fully saturated rings. The Hall–Kier alpha value is -2.14. The second-order valence-electron chi connectivity index (χ2n) is 5.61. The third-order valence-corrected chi connectivity index (χ3v) is 3.97. The summed E-state index contributed by atoms with van der Waals surface area (Å²) in [5.41, 5.74) is 2.24. The topological polar surface area (TPSA) is 51.7 Å². The van der Waals surface area contributed by atoms with Gasteiger partial charge in [-0.1, -0.05) is 0 Å². The van der Waals surface area contributed by atoms with E-state index in [1.807, 2.05) is 43.0 Å². The molecule has 1 saturated heterocycles. The summed E-state index contributed by atoms with van der Waals surface area (Å²) in [5, 5.41) is 0.941. The molecule has 1 amide bonds. The number of ether oxygens (including phenoxy) is 2. The molecule has 3 rings (SSSR count). The van der Waals surface area contributed by atoms with E-state index in [1.165, 1.54) is 0 Å². The van der Waals surface area contributed by atoms with E-state index in [9.17, 15) is 4.79 Å². The fourth-order valence-electron chi connectivity index (χ4n) is 2.76. The predicted molar refractivity (Wildman–Crippen MR) is 84.3 cm³/mol. The van der Waals surface area contributed by atoms with E-state index in [0.717, 1.165) is 22.3 Å². The van der Waals surface area contributed by atoms with Crippen LogP contribution in [0.1, 0.15) is 23.0 Å². The van der Waals surface area contributed by atoms with Gasteiger partial charge in [0, 0.05) is 24.5 Å². The van der Waals surface area contributed by atoms with E-state index in [4.69, 9.17) is 9.47 Å². The molecule has 0 spiro atoms. The smallest absolute Gasteiger partial charge is 0.255 e. The number of morpholine rings is 1. The minimum absolute atomic E-state index is 0.0258. The Labute approximate surface area is 129 Å². The van der Waals surface area contributed by atoms with Gasteiger partial charge in [-0.15, -0.1) is 0 Å². The Morgan fingerprint density at radius 2 is 2.23 bits per heavy atom. The SMILES string of the molecule is COc1ccc2cc(C(=O)N3CCO[C@@H](C)C3)c(C)nc2c1. The van der Waals surface area contributed by atoms with E-state index in [0.29, 0.717) is 25.3 Å². The molecule has 5 nitrogen and oxygen atoms in total. The molecule has 2 aromatic rings. The zero-order chi connectivity index (χ0) is 15.7. The van der Waals surface area contributed by atoms with Crippen molar-refractivity contribution < 1.29 is 14.3 Å². The third kappa shape index (κ3) is 2.76.